The largest absolute Gasteiger partial charge is 0.462 e. The van der Waals surface area contributed by atoms with Crippen molar-refractivity contribution < 1.29 is 14.5 Å². The molecule has 4 rings (SSSR count). The van der Waals surface area contributed by atoms with Gasteiger partial charge in [0, 0.05) is 17.7 Å². The van der Waals surface area contributed by atoms with E-state index in [1.165, 1.54) is 0 Å². The van der Waals surface area contributed by atoms with Gasteiger partial charge in [-0.1, -0.05) is 30.4 Å². The number of hydrogen-bond acceptors (Lipinski definition) is 5. The molecule has 0 saturated heterocycles. The molecule has 2 aromatic carbocycles. The van der Waals surface area contributed by atoms with Gasteiger partial charge in [0.15, 0.2) is 0 Å². The van der Waals surface area contributed by atoms with Crippen LogP contribution in [0.1, 0.15) is 46.8 Å². The molecule has 0 unspecified atom stereocenters. The summed E-state index contributed by atoms with van der Waals surface area (Å²) in [5.74, 6) is -0.0591. The minimum Gasteiger partial charge on any atom is -0.462 e. The predicted molar refractivity (Wildman–Crippen MR) is 102 cm³/mol. The fourth-order valence-electron chi connectivity index (χ4n) is 4.16. The van der Waals surface area contributed by atoms with Crippen LogP contribution in [-0.4, -0.2) is 17.5 Å². The summed E-state index contributed by atoms with van der Waals surface area (Å²) >= 11 is 0. The number of esters is 1. The fraction of sp³-hybridized carbons (Fsp3) is 0.286. The summed E-state index contributed by atoms with van der Waals surface area (Å²) in [6.45, 7) is 2.12. The molecule has 0 saturated carbocycles. The lowest BCUT2D eigenvalue weighted by molar-refractivity contribution is -0.385. The molecule has 0 amide bonds. The maximum atomic E-state index is 12.1. The molecule has 6 heteroatoms. The highest BCUT2D eigenvalue weighted by Crippen LogP contribution is 2.51. The van der Waals surface area contributed by atoms with Gasteiger partial charge in [-0.2, -0.15) is 0 Å². The second-order valence-electron chi connectivity index (χ2n) is 6.81. The number of fused-ring (bicyclic) bond motifs is 3. The number of ether oxygens (including phenoxy) is 1. The van der Waals surface area contributed by atoms with Crippen molar-refractivity contribution in [3.63, 3.8) is 0 Å². The van der Waals surface area contributed by atoms with Gasteiger partial charge in [-0.05, 0) is 43.0 Å². The fourth-order valence-corrected chi connectivity index (χ4v) is 4.16. The van der Waals surface area contributed by atoms with E-state index in [-0.39, 0.29) is 34.5 Å². The van der Waals surface area contributed by atoms with Gasteiger partial charge in [-0.15, -0.1) is 0 Å². The van der Waals surface area contributed by atoms with Gasteiger partial charge in [0.25, 0.3) is 5.69 Å². The number of benzene rings is 2. The first-order chi connectivity index (χ1) is 13.1. The first-order valence-corrected chi connectivity index (χ1v) is 9.07. The molecule has 1 aliphatic heterocycles. The summed E-state index contributed by atoms with van der Waals surface area (Å²) in [6.07, 6.45) is 5.09. The highest BCUT2D eigenvalue weighted by atomic mass is 16.6. The van der Waals surface area contributed by atoms with Crippen LogP contribution in [0.4, 0.5) is 11.4 Å². The lowest BCUT2D eigenvalue weighted by atomic mass is 9.76. The van der Waals surface area contributed by atoms with Gasteiger partial charge in [0.05, 0.1) is 28.7 Å². The van der Waals surface area contributed by atoms with Crippen LogP contribution in [0.15, 0.2) is 54.6 Å². The van der Waals surface area contributed by atoms with Gasteiger partial charge in [-0.3, -0.25) is 10.1 Å². The predicted octanol–water partition coefficient (Wildman–Crippen LogP) is 4.60. The maximum absolute atomic E-state index is 12.1. The second-order valence-corrected chi connectivity index (χ2v) is 6.81. The lowest BCUT2D eigenvalue weighted by Gasteiger charge is -2.37. The summed E-state index contributed by atoms with van der Waals surface area (Å²) in [6, 6.07) is 12.2. The molecule has 1 heterocycles. The van der Waals surface area contributed by atoms with Crippen molar-refractivity contribution in [1.82, 2.24) is 0 Å². The third-order valence-corrected chi connectivity index (χ3v) is 5.34. The highest BCUT2D eigenvalue weighted by molar-refractivity contribution is 5.90. The zero-order chi connectivity index (χ0) is 19.0. The average Bonchev–Trinajstić information content (AvgIpc) is 3.17. The van der Waals surface area contributed by atoms with Crippen LogP contribution >= 0.6 is 0 Å². The Bertz CT molecular complexity index is 938. The SMILES string of the molecule is CCOC(=O)c1ccc2c(c1)[C@@H]1C=CC[C@@H]1[C@H](c1ccccc1[N+](=O)[O-])N2. The van der Waals surface area contributed by atoms with Crippen molar-refractivity contribution in [1.29, 1.82) is 0 Å². The van der Waals surface area contributed by atoms with Crippen molar-refractivity contribution in [2.75, 3.05) is 11.9 Å². The highest BCUT2D eigenvalue weighted by Gasteiger charge is 2.40. The van der Waals surface area contributed by atoms with E-state index < -0.39 is 0 Å². The molecule has 138 valence electrons. The molecule has 1 aliphatic carbocycles. The number of carbonyl (C=O) groups excluding carboxylic acids is 1. The van der Waals surface area contributed by atoms with E-state index in [4.69, 9.17) is 4.74 Å². The van der Waals surface area contributed by atoms with E-state index in [9.17, 15) is 14.9 Å². The van der Waals surface area contributed by atoms with E-state index in [0.717, 1.165) is 17.7 Å². The number of para-hydroxylation sites is 1. The normalized spacial score (nSPS) is 22.5. The Balaban J connectivity index is 1.75. The second kappa shape index (κ2) is 6.87. The van der Waals surface area contributed by atoms with Gasteiger partial charge in [0.1, 0.15) is 0 Å². The van der Waals surface area contributed by atoms with Crippen LogP contribution in [0.3, 0.4) is 0 Å². The van der Waals surface area contributed by atoms with Gasteiger partial charge in [0.2, 0.25) is 0 Å². The van der Waals surface area contributed by atoms with Crippen LogP contribution in [0.5, 0.6) is 0 Å². The third-order valence-electron chi connectivity index (χ3n) is 5.34. The number of carbonyl (C=O) groups is 1. The molecule has 0 aromatic heterocycles. The Morgan fingerprint density at radius 3 is 2.85 bits per heavy atom. The first kappa shape index (κ1) is 17.3. The van der Waals surface area contributed by atoms with Crippen LogP contribution in [0, 0.1) is 16.0 Å². The minimum atomic E-state index is -0.334. The molecule has 2 aromatic rings. The zero-order valence-corrected chi connectivity index (χ0v) is 14.9. The van der Waals surface area contributed by atoms with Crippen LogP contribution < -0.4 is 5.32 Å². The van der Waals surface area contributed by atoms with E-state index in [2.05, 4.69) is 17.5 Å². The number of allylic oxidation sites excluding steroid dienone is 2. The van der Waals surface area contributed by atoms with Gasteiger partial charge >= 0.3 is 5.97 Å². The van der Waals surface area contributed by atoms with Gasteiger partial charge < -0.3 is 10.1 Å². The molecule has 0 spiro atoms. The van der Waals surface area contributed by atoms with Crippen LogP contribution in [0.2, 0.25) is 0 Å². The lowest BCUT2D eigenvalue weighted by Crippen LogP contribution is -2.29. The Labute approximate surface area is 157 Å². The number of nitrogens with zero attached hydrogens (tertiary/aromatic N) is 1. The monoisotopic (exact) mass is 364 g/mol. The van der Waals surface area contributed by atoms with Crippen LogP contribution in [-0.2, 0) is 4.74 Å². The van der Waals surface area contributed by atoms with E-state index in [0.29, 0.717) is 17.7 Å². The number of nitro benzene ring substituents is 1. The van der Waals surface area contributed by atoms with Crippen LogP contribution in [0.25, 0.3) is 0 Å². The number of nitro groups is 1. The number of anilines is 1. The zero-order valence-electron chi connectivity index (χ0n) is 14.9. The molecule has 27 heavy (non-hydrogen) atoms. The molecular formula is C21H20N2O4. The summed E-state index contributed by atoms with van der Waals surface area (Å²) in [7, 11) is 0. The van der Waals surface area contributed by atoms with Crippen molar-refractivity contribution in [3.8, 4) is 0 Å². The maximum Gasteiger partial charge on any atom is 0.338 e. The summed E-state index contributed by atoms with van der Waals surface area (Å²) in [5, 5.41) is 15.0. The van der Waals surface area contributed by atoms with E-state index in [1.54, 1.807) is 25.1 Å². The van der Waals surface area contributed by atoms with Crippen molar-refractivity contribution in [2.24, 2.45) is 5.92 Å². The van der Waals surface area contributed by atoms with E-state index >= 15 is 0 Å². The summed E-state index contributed by atoms with van der Waals surface area (Å²) < 4.78 is 5.11. The third kappa shape index (κ3) is 2.97. The molecule has 1 N–H and O–H groups in total. The topological polar surface area (TPSA) is 81.5 Å². The number of rotatable bonds is 4. The van der Waals surface area contributed by atoms with Crippen molar-refractivity contribution >= 4 is 17.3 Å². The molecule has 6 nitrogen and oxygen atoms in total. The Kier molecular flexibility index (Phi) is 4.39. The molecule has 2 aliphatic rings. The Morgan fingerprint density at radius 2 is 2.07 bits per heavy atom. The molecule has 3 atom stereocenters. The summed E-state index contributed by atoms with van der Waals surface area (Å²) in [5.41, 5.74) is 3.29. The van der Waals surface area contributed by atoms with E-state index in [1.807, 2.05) is 24.3 Å². The first-order valence-electron chi connectivity index (χ1n) is 9.07. The standard InChI is InChI=1S/C21H20N2O4/c1-2-27-21(24)13-10-11-18-17(12-13)14-7-5-8-15(14)20(22-18)16-6-3-4-9-19(16)23(25)26/h3-7,9-12,14-15,20,22H,2,8H2,1H3/t14-,15+,20-/m1/s1. The summed E-state index contributed by atoms with van der Waals surface area (Å²) in [4.78, 5) is 23.3. The molecule has 0 radical (unpaired) electrons. The molecular weight excluding hydrogens is 344 g/mol. The molecule has 0 fully saturated rings. The number of hydrogen-bond donors (Lipinski definition) is 1. The minimum absolute atomic E-state index is 0.112. The Hall–Kier alpha value is -3.15. The average molecular weight is 364 g/mol. The van der Waals surface area contributed by atoms with Crippen molar-refractivity contribution in [3.05, 3.63) is 81.4 Å². The molecule has 0 bridgehead atoms. The smallest absolute Gasteiger partial charge is 0.338 e. The number of nitrogens with one attached hydrogen (secondary N) is 1. The van der Waals surface area contributed by atoms with Gasteiger partial charge in [-0.25, -0.2) is 4.79 Å². The van der Waals surface area contributed by atoms with Crippen molar-refractivity contribution in [2.45, 2.75) is 25.3 Å². The quantitative estimate of drug-likeness (QED) is 0.371. The Morgan fingerprint density at radius 1 is 1.26 bits per heavy atom.